The van der Waals surface area contributed by atoms with E-state index in [0.717, 1.165) is 6.42 Å². The Bertz CT molecular complexity index is 127. The third kappa shape index (κ3) is 1.55. The highest BCUT2D eigenvalue weighted by atomic mass is 14.6. The molecule has 0 saturated heterocycles. The van der Waals surface area contributed by atoms with Crippen molar-refractivity contribution in [2.75, 3.05) is 0 Å². The van der Waals surface area contributed by atoms with Crippen LogP contribution in [0.25, 0.3) is 0 Å². The Morgan fingerprint density at radius 3 is 2.78 bits per heavy atom. The van der Waals surface area contributed by atoms with Crippen LogP contribution < -0.4 is 5.73 Å². The zero-order chi connectivity index (χ0) is 6.85. The molecule has 0 amide bonds. The Morgan fingerprint density at radius 2 is 2.33 bits per heavy atom. The molecule has 1 rings (SSSR count). The van der Waals surface area contributed by atoms with Crippen LogP contribution in [0.4, 0.5) is 0 Å². The van der Waals surface area contributed by atoms with E-state index in [1.54, 1.807) is 0 Å². The fourth-order valence-corrected chi connectivity index (χ4v) is 1.22. The predicted molar refractivity (Wildman–Crippen MR) is 40.1 cm³/mol. The number of rotatable bonds is 0. The molecule has 9 heavy (non-hydrogen) atoms. The van der Waals surface area contributed by atoms with Crippen molar-refractivity contribution in [1.29, 1.82) is 0 Å². The van der Waals surface area contributed by atoms with Crippen LogP contribution in [-0.4, -0.2) is 6.04 Å². The summed E-state index contributed by atoms with van der Waals surface area (Å²) in [6, 6.07) is 0.412. The highest BCUT2D eigenvalue weighted by Gasteiger charge is 2.15. The lowest BCUT2D eigenvalue weighted by Gasteiger charge is -2.23. The van der Waals surface area contributed by atoms with E-state index in [4.69, 9.17) is 5.73 Å². The maximum Gasteiger partial charge on any atom is 0.0105 e. The van der Waals surface area contributed by atoms with Gasteiger partial charge < -0.3 is 5.73 Å². The first-order chi connectivity index (χ1) is 4.20. The summed E-state index contributed by atoms with van der Waals surface area (Å²) in [6.07, 6.45) is 4.57. The van der Waals surface area contributed by atoms with Crippen molar-refractivity contribution in [3.8, 4) is 0 Å². The summed E-state index contributed by atoms with van der Waals surface area (Å²) in [5.41, 5.74) is 7.29. The minimum atomic E-state index is 0.412. The lowest BCUT2D eigenvalue weighted by atomic mass is 9.88. The molecule has 0 bridgehead atoms. The van der Waals surface area contributed by atoms with Crippen LogP contribution >= 0.6 is 0 Å². The topological polar surface area (TPSA) is 26.0 Å². The molecule has 1 nitrogen and oxygen atoms in total. The van der Waals surface area contributed by atoms with E-state index in [0.29, 0.717) is 12.0 Å². The van der Waals surface area contributed by atoms with Gasteiger partial charge >= 0.3 is 0 Å². The van der Waals surface area contributed by atoms with E-state index in [9.17, 15) is 0 Å². The van der Waals surface area contributed by atoms with E-state index in [1.165, 1.54) is 12.0 Å². The van der Waals surface area contributed by atoms with Gasteiger partial charge in [0.15, 0.2) is 0 Å². The van der Waals surface area contributed by atoms with Gasteiger partial charge in [0.2, 0.25) is 0 Å². The molecular formula is C8H15N. The van der Waals surface area contributed by atoms with E-state index < -0.39 is 0 Å². The fourth-order valence-electron chi connectivity index (χ4n) is 1.22. The van der Waals surface area contributed by atoms with Crippen LogP contribution in [0, 0.1) is 5.92 Å². The van der Waals surface area contributed by atoms with E-state index >= 15 is 0 Å². The number of hydrogen-bond donors (Lipinski definition) is 1. The van der Waals surface area contributed by atoms with Gasteiger partial charge in [-0.2, -0.15) is 0 Å². The van der Waals surface area contributed by atoms with E-state index in [2.05, 4.69) is 19.9 Å². The minimum absolute atomic E-state index is 0.412. The fraction of sp³-hybridized carbons (Fsp3) is 0.750. The van der Waals surface area contributed by atoms with Gasteiger partial charge in [-0.1, -0.05) is 18.6 Å². The Kier molecular flexibility index (Phi) is 1.91. The summed E-state index contributed by atoms with van der Waals surface area (Å²) < 4.78 is 0. The van der Waals surface area contributed by atoms with Gasteiger partial charge in [0.25, 0.3) is 0 Å². The highest BCUT2D eigenvalue weighted by Crippen LogP contribution is 2.20. The average Bonchev–Trinajstić information content (AvgIpc) is 1.80. The molecule has 1 aliphatic rings. The lowest BCUT2D eigenvalue weighted by Crippen LogP contribution is -2.30. The van der Waals surface area contributed by atoms with Gasteiger partial charge in [-0.3, -0.25) is 0 Å². The van der Waals surface area contributed by atoms with Gasteiger partial charge in [0.1, 0.15) is 0 Å². The van der Waals surface area contributed by atoms with Crippen molar-refractivity contribution in [3.63, 3.8) is 0 Å². The van der Waals surface area contributed by atoms with E-state index in [-0.39, 0.29) is 0 Å². The molecule has 0 spiro atoms. The summed E-state index contributed by atoms with van der Waals surface area (Å²) in [4.78, 5) is 0. The van der Waals surface area contributed by atoms with Gasteiger partial charge in [-0.25, -0.2) is 0 Å². The zero-order valence-corrected chi connectivity index (χ0v) is 6.22. The first-order valence-electron chi connectivity index (χ1n) is 3.61. The van der Waals surface area contributed by atoms with Crippen molar-refractivity contribution in [3.05, 3.63) is 11.6 Å². The summed E-state index contributed by atoms with van der Waals surface area (Å²) in [5.74, 6) is 0.689. The zero-order valence-electron chi connectivity index (χ0n) is 6.22. The summed E-state index contributed by atoms with van der Waals surface area (Å²) >= 11 is 0. The molecule has 0 aromatic heterocycles. The second-order valence-corrected chi connectivity index (χ2v) is 3.13. The third-order valence-electron chi connectivity index (χ3n) is 2.13. The Labute approximate surface area is 56.9 Å². The summed E-state index contributed by atoms with van der Waals surface area (Å²) in [6.45, 7) is 4.37. The van der Waals surface area contributed by atoms with Crippen molar-refractivity contribution in [1.82, 2.24) is 0 Å². The van der Waals surface area contributed by atoms with Crippen LogP contribution in [0.3, 0.4) is 0 Å². The molecule has 0 heterocycles. The van der Waals surface area contributed by atoms with Gasteiger partial charge in [0, 0.05) is 6.04 Å². The quantitative estimate of drug-likeness (QED) is 0.490. The molecule has 0 aromatic carbocycles. The second kappa shape index (κ2) is 2.53. The average molecular weight is 125 g/mol. The van der Waals surface area contributed by atoms with Crippen LogP contribution in [0.2, 0.25) is 0 Å². The monoisotopic (exact) mass is 125 g/mol. The van der Waals surface area contributed by atoms with Gasteiger partial charge in [0.05, 0.1) is 0 Å². The second-order valence-electron chi connectivity index (χ2n) is 3.13. The smallest absolute Gasteiger partial charge is 0.0105 e. The Balaban J connectivity index is 2.54. The van der Waals surface area contributed by atoms with Gasteiger partial charge in [-0.15, -0.1) is 0 Å². The maximum atomic E-state index is 5.83. The SMILES string of the molecule is CC1=CCC(C)[C@H](N)C1. The minimum Gasteiger partial charge on any atom is -0.327 e. The number of allylic oxidation sites excluding steroid dienone is 1. The highest BCUT2D eigenvalue weighted by molar-refractivity contribution is 5.06. The van der Waals surface area contributed by atoms with Crippen LogP contribution in [-0.2, 0) is 0 Å². The maximum absolute atomic E-state index is 5.83. The molecule has 0 radical (unpaired) electrons. The van der Waals surface area contributed by atoms with Crippen LogP contribution in [0.5, 0.6) is 0 Å². The molecule has 1 heteroatoms. The normalized spacial score (nSPS) is 36.1. The molecule has 1 unspecified atom stereocenters. The van der Waals surface area contributed by atoms with Crippen molar-refractivity contribution in [2.24, 2.45) is 11.7 Å². The van der Waals surface area contributed by atoms with Crippen molar-refractivity contribution < 1.29 is 0 Å². The first kappa shape index (κ1) is 6.81. The molecular weight excluding hydrogens is 110 g/mol. The number of nitrogens with two attached hydrogens (primary N) is 1. The molecule has 2 atom stereocenters. The number of hydrogen-bond acceptors (Lipinski definition) is 1. The molecule has 0 saturated carbocycles. The molecule has 0 aliphatic heterocycles. The largest absolute Gasteiger partial charge is 0.327 e. The standard InChI is InChI=1S/C8H15N/c1-6-3-4-7(2)8(9)5-6/h3,7-8H,4-5,9H2,1-2H3/t7?,8-/m1/s1. The van der Waals surface area contributed by atoms with E-state index in [1.807, 2.05) is 0 Å². The predicted octanol–water partition coefficient (Wildman–Crippen LogP) is 1.69. The molecule has 52 valence electrons. The molecule has 0 aromatic rings. The molecule has 0 fully saturated rings. The third-order valence-corrected chi connectivity index (χ3v) is 2.13. The van der Waals surface area contributed by atoms with Gasteiger partial charge in [-0.05, 0) is 25.7 Å². The molecule has 2 N–H and O–H groups in total. The van der Waals surface area contributed by atoms with Crippen LogP contribution in [0.1, 0.15) is 26.7 Å². The lowest BCUT2D eigenvalue weighted by molar-refractivity contribution is 0.435. The first-order valence-corrected chi connectivity index (χ1v) is 3.61. The van der Waals surface area contributed by atoms with Crippen LogP contribution in [0.15, 0.2) is 11.6 Å². The summed E-state index contributed by atoms with van der Waals surface area (Å²) in [5, 5.41) is 0. The van der Waals surface area contributed by atoms with Crippen molar-refractivity contribution in [2.45, 2.75) is 32.7 Å². The molecule has 1 aliphatic carbocycles. The Hall–Kier alpha value is -0.300. The Morgan fingerprint density at radius 1 is 1.67 bits per heavy atom. The summed E-state index contributed by atoms with van der Waals surface area (Å²) in [7, 11) is 0. The van der Waals surface area contributed by atoms with Crippen molar-refractivity contribution >= 4 is 0 Å².